The van der Waals surface area contributed by atoms with Crippen LogP contribution in [0.5, 0.6) is 0 Å². The third kappa shape index (κ3) is 12.5. The fraction of sp³-hybridized carbons (Fsp3) is 0.565. The molecule has 0 spiro atoms. The van der Waals surface area contributed by atoms with Crippen molar-refractivity contribution in [2.24, 2.45) is 5.41 Å². The van der Waals surface area contributed by atoms with Gasteiger partial charge < -0.3 is 72.0 Å². The van der Waals surface area contributed by atoms with Crippen LogP contribution in [-0.4, -0.2) is 151 Å². The van der Waals surface area contributed by atoms with Crippen LogP contribution in [0.4, 0.5) is 5.95 Å². The smallest absolute Gasteiger partial charge is 0.287 e. The summed E-state index contributed by atoms with van der Waals surface area (Å²) in [5.74, 6) is -0.561. The summed E-state index contributed by atoms with van der Waals surface area (Å²) in [5, 5.41) is 28.6. The van der Waals surface area contributed by atoms with Gasteiger partial charge in [0.15, 0.2) is 50.8 Å². The number of ether oxygens (including phenoxy) is 3. The highest BCUT2D eigenvalue weighted by atomic mass is 79.9. The quantitative estimate of drug-likeness (QED) is 0.0189. The van der Waals surface area contributed by atoms with Crippen molar-refractivity contribution in [2.45, 2.75) is 126 Å². The maximum absolute atomic E-state index is 14.0. The molecule has 9 heterocycles. The Kier molecular flexibility index (Phi) is 16.9. The molecule has 4 fully saturated rings. The summed E-state index contributed by atoms with van der Waals surface area (Å²) in [6.45, 7) is 5.01. The van der Waals surface area contributed by atoms with E-state index in [1.807, 2.05) is 58.0 Å². The lowest BCUT2D eigenvalue weighted by Crippen LogP contribution is -2.41. The van der Waals surface area contributed by atoms with Crippen molar-refractivity contribution in [3.05, 3.63) is 62.0 Å². The minimum atomic E-state index is -3.88. The van der Waals surface area contributed by atoms with Crippen LogP contribution in [0.15, 0.2) is 56.0 Å². The van der Waals surface area contributed by atoms with Crippen LogP contribution in [-0.2, 0) is 72.5 Å². The van der Waals surface area contributed by atoms with Crippen molar-refractivity contribution in [2.75, 3.05) is 44.4 Å². The number of anilines is 1. The number of carbonyl (C=O) groups excluding carboxylic acids is 2. The van der Waals surface area contributed by atoms with Gasteiger partial charge in [-0.25, -0.2) is 19.3 Å². The summed E-state index contributed by atoms with van der Waals surface area (Å²) in [5.41, 5.74) is 5.86. The first kappa shape index (κ1) is 58.2. The lowest BCUT2D eigenvalue weighted by molar-refractivity contribution is -0.227. The Hall–Kier alpha value is -3.98. The molecule has 2 amide bonds. The number of amides is 2. The number of nitrogens with zero attached hydrogens (tertiary/aromatic N) is 8. The molecular formula is C46H58BrN12O15P2S3-. The van der Waals surface area contributed by atoms with Crippen LogP contribution >= 0.6 is 41.6 Å². The van der Waals surface area contributed by atoms with Gasteiger partial charge in [-0.2, -0.15) is 19.0 Å². The SMILES string of the molecule is CC(C)(CCOC(C)(C)CCCNC(=O)CSc1nc2c(=O)n3cc(-c4ccccc4)[nH]c3nc2n1[C@@H]1OC2COP([O-])(=S)O[C@H]2C1O)CNC(=O)CCCn1c(N)nc2c(nc(Br)n2[C@@H]2OC3CO[P+](O)([S-])O[C@H]3C2O)c1=O. The van der Waals surface area contributed by atoms with E-state index in [1.54, 1.807) is 6.20 Å². The van der Waals surface area contributed by atoms with Gasteiger partial charge in [0.1, 0.15) is 43.8 Å². The average Bonchev–Trinajstić information content (AvgIpc) is 3.86. The van der Waals surface area contributed by atoms with Crippen molar-refractivity contribution in [1.29, 1.82) is 0 Å². The number of aliphatic hydroxyl groups excluding tert-OH is 2. The molecular weight excluding hydrogens is 1200 g/mol. The molecule has 4 saturated heterocycles. The fourth-order valence-electron chi connectivity index (χ4n) is 9.70. The number of fused-ring (bicyclic) bond motifs is 5. The summed E-state index contributed by atoms with van der Waals surface area (Å²) < 4.78 is 45.2. The van der Waals surface area contributed by atoms with E-state index in [-0.39, 0.29) is 99.5 Å². The van der Waals surface area contributed by atoms with Crippen LogP contribution in [0.2, 0.25) is 0 Å². The number of imidazole rings is 3. The number of carbonyl (C=O) groups is 2. The number of hydrogen-bond acceptors (Lipinski definition) is 23. The standard InChI is InChI=1S/C46H59BrN12O15P2S3/c1-45(2,22-50-27(60)12-8-16-56-37(64)29-35(54-42(56)48)58(41(47)52-29)39-31(62)33-25(71-39)19-69-75(66,77)73-33)14-17-68-46(3,4)13-9-15-49-28(61)21-79-44-53-30-36(59(44)40-32(63)34-26(72-40)20-70-76(67,78)74-34)55-43-51-24(18-57(43)38(30)65)23-10-6-5-7-11-23/h5-7,10-11,18,25-26,31-34,39-40,62-63H,8-9,12-17,19-22H2,1-4H3,(H2,48,54)(H,49,61)(H,50,60)(H,51,55)(H,66,77)(H,67,78)/p-1/t25?,26?,31?,32?,33-,34-,39-,40-,75?,76?/m1/s1. The van der Waals surface area contributed by atoms with Crippen molar-refractivity contribution in [3.63, 3.8) is 0 Å². The Morgan fingerprint density at radius 1 is 0.975 bits per heavy atom. The first-order valence-corrected chi connectivity index (χ1v) is 32.1. The number of benzene rings is 1. The van der Waals surface area contributed by atoms with Crippen molar-refractivity contribution >= 4 is 111 Å². The van der Waals surface area contributed by atoms with E-state index in [2.05, 4.69) is 46.5 Å². The second-order valence-electron chi connectivity index (χ2n) is 20.8. The number of aromatic nitrogens is 9. The second kappa shape index (κ2) is 23.0. The molecule has 33 heteroatoms. The molecule has 6 unspecified atom stereocenters. The molecule has 4 aliphatic rings. The van der Waals surface area contributed by atoms with Crippen molar-refractivity contribution < 1.29 is 61.9 Å². The van der Waals surface area contributed by atoms with Crippen LogP contribution < -0.4 is 32.4 Å². The van der Waals surface area contributed by atoms with Gasteiger partial charge in [0.25, 0.3) is 18.3 Å². The largest absolute Gasteiger partial charge is 0.780 e. The number of rotatable bonds is 20. The van der Waals surface area contributed by atoms with Gasteiger partial charge in [0.2, 0.25) is 23.5 Å². The maximum atomic E-state index is 14.0. The number of hydrogen-bond donors (Lipinski definition) is 7. The Bertz CT molecular complexity index is 3450. The fourth-order valence-corrected chi connectivity index (χ4v) is 14.0. The minimum absolute atomic E-state index is 0.0317. The number of aliphatic hydroxyl groups is 2. The average molecular weight is 1260 g/mol. The molecule has 4 aliphatic heterocycles. The van der Waals surface area contributed by atoms with E-state index in [4.69, 9.17) is 67.1 Å². The molecule has 6 aromatic rings. The highest BCUT2D eigenvalue weighted by molar-refractivity contribution is 9.10. The summed E-state index contributed by atoms with van der Waals surface area (Å²) in [6, 6.07) is 9.38. The molecule has 1 aromatic carbocycles. The molecule has 5 aromatic heterocycles. The van der Waals surface area contributed by atoms with Gasteiger partial charge >= 0.3 is 0 Å². The number of nitrogen functional groups attached to an aromatic ring is 1. The Morgan fingerprint density at radius 2 is 1.67 bits per heavy atom. The van der Waals surface area contributed by atoms with Crippen LogP contribution in [0.25, 0.3) is 39.4 Å². The zero-order chi connectivity index (χ0) is 56.3. The number of aromatic amines is 1. The molecule has 79 heavy (non-hydrogen) atoms. The first-order chi connectivity index (χ1) is 37.4. The maximum Gasteiger partial charge on any atom is 0.287 e. The van der Waals surface area contributed by atoms with E-state index in [0.29, 0.717) is 44.7 Å². The van der Waals surface area contributed by atoms with Crippen molar-refractivity contribution in [3.8, 4) is 11.3 Å². The van der Waals surface area contributed by atoms with Gasteiger partial charge in [-0.3, -0.25) is 32.9 Å². The first-order valence-electron chi connectivity index (χ1n) is 25.2. The monoisotopic (exact) mass is 1260 g/mol. The Labute approximate surface area is 473 Å². The van der Waals surface area contributed by atoms with Gasteiger partial charge in [-0.15, -0.1) is 0 Å². The van der Waals surface area contributed by atoms with E-state index >= 15 is 0 Å². The predicted molar refractivity (Wildman–Crippen MR) is 294 cm³/mol. The van der Waals surface area contributed by atoms with Gasteiger partial charge in [0, 0.05) is 38.9 Å². The summed E-state index contributed by atoms with van der Waals surface area (Å²) in [4.78, 5) is 97.7. The predicted octanol–water partition coefficient (Wildman–Crippen LogP) is 2.24. The van der Waals surface area contributed by atoms with Crippen LogP contribution in [0.3, 0.4) is 0 Å². The minimum Gasteiger partial charge on any atom is -0.780 e. The number of nitrogens with one attached hydrogen (secondary N) is 3. The highest BCUT2D eigenvalue weighted by Crippen LogP contribution is 2.61. The van der Waals surface area contributed by atoms with Gasteiger partial charge in [-0.1, -0.05) is 67.7 Å². The lowest BCUT2D eigenvalue weighted by atomic mass is 9.89. The molecule has 0 bridgehead atoms. The molecule has 8 N–H and O–H groups in total. The molecule has 27 nitrogen and oxygen atoms in total. The zero-order valence-corrected chi connectivity index (χ0v) is 48.8. The summed E-state index contributed by atoms with van der Waals surface area (Å²) >= 11 is 14.2. The van der Waals surface area contributed by atoms with E-state index in [9.17, 15) is 39.2 Å². The van der Waals surface area contributed by atoms with Gasteiger partial charge in [0.05, 0.1) is 23.7 Å². The Morgan fingerprint density at radius 3 is 2.43 bits per heavy atom. The zero-order valence-electron chi connectivity index (χ0n) is 43.0. The molecule has 10 rings (SSSR count). The molecule has 0 aliphatic carbocycles. The third-order valence-corrected chi connectivity index (χ3v) is 18.6. The van der Waals surface area contributed by atoms with E-state index < -0.39 is 79.7 Å². The molecule has 428 valence electrons. The molecule has 0 saturated carbocycles. The van der Waals surface area contributed by atoms with E-state index in [0.717, 1.165) is 17.3 Å². The number of nitrogens with two attached hydrogens (primary N) is 1. The normalized spacial score (nSPS) is 27.2. The molecule has 0 radical (unpaired) electrons. The number of H-pyrrole nitrogens is 1. The summed E-state index contributed by atoms with van der Waals surface area (Å²) in [7, 11) is -3.55. The van der Waals surface area contributed by atoms with Gasteiger partial charge in [-0.05, 0) is 66.4 Å². The highest BCUT2D eigenvalue weighted by Gasteiger charge is 2.55. The van der Waals surface area contributed by atoms with Crippen LogP contribution in [0, 0.1) is 5.41 Å². The lowest BCUT2D eigenvalue weighted by Gasteiger charge is -2.38. The Balaban J connectivity index is 0.673. The van der Waals surface area contributed by atoms with Crippen molar-refractivity contribution in [1.82, 2.24) is 53.7 Å². The number of halogens is 1. The molecule has 10 atom stereocenters. The second-order valence-corrected chi connectivity index (χ2v) is 28.0. The topological polar surface area (TPSA) is 353 Å². The number of thioether (sulfide) groups is 1. The van der Waals surface area contributed by atoms with Crippen LogP contribution in [0.1, 0.15) is 72.3 Å². The van der Waals surface area contributed by atoms with E-state index in [1.165, 1.54) is 18.1 Å². The third-order valence-electron chi connectivity index (χ3n) is 14.0. The summed E-state index contributed by atoms with van der Waals surface area (Å²) in [6.07, 6.45) is -4.89.